The van der Waals surface area contributed by atoms with E-state index in [2.05, 4.69) is 0 Å². The van der Waals surface area contributed by atoms with Gasteiger partial charge in [0.15, 0.2) is 0 Å². The predicted molar refractivity (Wildman–Crippen MR) is 126 cm³/mol. The third-order valence-electron chi connectivity index (χ3n) is 5.35. The minimum Gasteiger partial charge on any atom is -0.462 e. The van der Waals surface area contributed by atoms with Crippen molar-refractivity contribution in [2.75, 3.05) is 6.61 Å². The lowest BCUT2D eigenvalue weighted by molar-refractivity contribution is 0.0528. The molecule has 0 aliphatic heterocycles. The van der Waals surface area contributed by atoms with Gasteiger partial charge in [0.1, 0.15) is 0 Å². The quantitative estimate of drug-likeness (QED) is 0.331. The summed E-state index contributed by atoms with van der Waals surface area (Å²) >= 11 is 1.51. The summed E-state index contributed by atoms with van der Waals surface area (Å²) in [5, 5.41) is 2.95. The van der Waals surface area contributed by atoms with Gasteiger partial charge in [0.05, 0.1) is 22.4 Å². The summed E-state index contributed by atoms with van der Waals surface area (Å²) in [6, 6.07) is 23.4. The van der Waals surface area contributed by atoms with Crippen molar-refractivity contribution < 1.29 is 9.53 Å². The van der Waals surface area contributed by atoms with Gasteiger partial charge in [-0.05, 0) is 52.6 Å². The van der Waals surface area contributed by atoms with Crippen molar-refractivity contribution in [2.45, 2.75) is 6.92 Å². The zero-order chi connectivity index (χ0) is 21.4. The first-order valence-electron chi connectivity index (χ1n) is 10.1. The molecule has 5 aromatic rings. The van der Waals surface area contributed by atoms with Crippen LogP contribution in [-0.2, 0) is 4.74 Å². The third-order valence-corrected chi connectivity index (χ3v) is 6.28. The molecule has 3 aromatic heterocycles. The lowest BCUT2D eigenvalue weighted by Crippen LogP contribution is -2.19. The van der Waals surface area contributed by atoms with E-state index in [4.69, 9.17) is 4.74 Å². The maximum Gasteiger partial charge on any atom is 0.340 e. The minimum atomic E-state index is -0.428. The molecule has 0 fully saturated rings. The van der Waals surface area contributed by atoms with Crippen LogP contribution in [0.4, 0.5) is 0 Å². The summed E-state index contributed by atoms with van der Waals surface area (Å²) in [4.78, 5) is 26.2. The summed E-state index contributed by atoms with van der Waals surface area (Å²) in [6.45, 7) is 2.05. The maximum absolute atomic E-state index is 13.4. The van der Waals surface area contributed by atoms with Crippen LogP contribution in [0.5, 0.6) is 0 Å². The van der Waals surface area contributed by atoms with Gasteiger partial charge in [0.25, 0.3) is 5.56 Å². The van der Waals surface area contributed by atoms with Crippen molar-refractivity contribution in [3.63, 3.8) is 0 Å². The van der Waals surface area contributed by atoms with Gasteiger partial charge in [-0.15, -0.1) is 11.3 Å². The van der Waals surface area contributed by atoms with E-state index in [1.165, 1.54) is 11.3 Å². The Morgan fingerprint density at radius 3 is 2.39 bits per heavy atom. The first-order valence-corrected chi connectivity index (χ1v) is 10.9. The highest BCUT2D eigenvalue weighted by molar-refractivity contribution is 7.18. The van der Waals surface area contributed by atoms with E-state index in [9.17, 15) is 9.59 Å². The standard InChI is InChI=1S/C26H19NO3S/c1-2-30-26(29)22-16-21(19-10-8-18(9-11-19)17-6-4-3-5-7-17)25(28)27-14-12-20-13-15-31-24(20)23(22)27/h3-16H,2H2,1H3. The second kappa shape index (κ2) is 7.85. The molecule has 3 heterocycles. The largest absolute Gasteiger partial charge is 0.462 e. The molecule has 152 valence electrons. The SMILES string of the molecule is CCOC(=O)c1cc(-c2ccc(-c3ccccc3)cc2)c(=O)n2ccc3ccsc3c12. The third kappa shape index (κ3) is 3.33. The monoisotopic (exact) mass is 425 g/mol. The van der Waals surface area contributed by atoms with Crippen molar-refractivity contribution in [1.82, 2.24) is 4.40 Å². The molecule has 5 rings (SSSR count). The molecule has 0 unspecified atom stereocenters. The molecule has 0 aliphatic rings. The Kier molecular flexibility index (Phi) is 4.88. The van der Waals surface area contributed by atoms with Crippen molar-refractivity contribution in [2.24, 2.45) is 0 Å². The molecule has 5 heteroatoms. The number of esters is 1. The molecule has 0 atom stereocenters. The van der Waals surface area contributed by atoms with E-state index >= 15 is 0 Å². The average molecular weight is 426 g/mol. The summed E-state index contributed by atoms with van der Waals surface area (Å²) in [5.41, 5.74) is 4.24. The molecule has 0 spiro atoms. The smallest absolute Gasteiger partial charge is 0.340 e. The van der Waals surface area contributed by atoms with Crippen LogP contribution in [0.1, 0.15) is 17.3 Å². The van der Waals surface area contributed by atoms with Crippen LogP contribution in [0, 0.1) is 0 Å². The molecule has 31 heavy (non-hydrogen) atoms. The van der Waals surface area contributed by atoms with Crippen molar-refractivity contribution in [3.05, 3.63) is 100 Å². The average Bonchev–Trinajstić information content (AvgIpc) is 3.29. The first-order chi connectivity index (χ1) is 15.2. The molecule has 0 bridgehead atoms. The number of thiophene rings is 1. The Bertz CT molecular complexity index is 1460. The van der Waals surface area contributed by atoms with Gasteiger partial charge in [-0.1, -0.05) is 54.6 Å². The molecule has 0 aliphatic carbocycles. The van der Waals surface area contributed by atoms with Crippen LogP contribution < -0.4 is 5.56 Å². The second-order valence-corrected chi connectivity index (χ2v) is 8.10. The number of nitrogens with zero attached hydrogens (tertiary/aromatic N) is 1. The van der Waals surface area contributed by atoms with Crippen LogP contribution in [0.25, 0.3) is 37.9 Å². The zero-order valence-electron chi connectivity index (χ0n) is 16.9. The van der Waals surface area contributed by atoms with Gasteiger partial charge in [-0.3, -0.25) is 9.20 Å². The molecule has 0 saturated carbocycles. The van der Waals surface area contributed by atoms with Gasteiger partial charge in [0, 0.05) is 11.8 Å². The Balaban J connectivity index is 1.72. The number of pyridine rings is 2. The summed E-state index contributed by atoms with van der Waals surface area (Å²) < 4.78 is 7.78. The maximum atomic E-state index is 13.4. The van der Waals surface area contributed by atoms with Crippen LogP contribution in [0.2, 0.25) is 0 Å². The zero-order valence-corrected chi connectivity index (χ0v) is 17.7. The van der Waals surface area contributed by atoms with E-state index in [-0.39, 0.29) is 12.2 Å². The van der Waals surface area contributed by atoms with Gasteiger partial charge < -0.3 is 4.74 Å². The van der Waals surface area contributed by atoms with Crippen LogP contribution >= 0.6 is 11.3 Å². The van der Waals surface area contributed by atoms with Crippen molar-refractivity contribution >= 4 is 32.9 Å². The topological polar surface area (TPSA) is 47.8 Å². The minimum absolute atomic E-state index is 0.161. The van der Waals surface area contributed by atoms with Crippen molar-refractivity contribution in [3.8, 4) is 22.3 Å². The van der Waals surface area contributed by atoms with Crippen LogP contribution in [0.15, 0.2) is 89.2 Å². The van der Waals surface area contributed by atoms with E-state index in [0.717, 1.165) is 26.8 Å². The summed E-state index contributed by atoms with van der Waals surface area (Å²) in [5.74, 6) is -0.428. The highest BCUT2D eigenvalue weighted by Crippen LogP contribution is 2.30. The van der Waals surface area contributed by atoms with E-state index in [0.29, 0.717) is 16.6 Å². The molecular weight excluding hydrogens is 406 g/mol. The molecule has 0 saturated heterocycles. The number of aromatic nitrogens is 1. The number of carbonyl (C=O) groups is 1. The Labute approximate surface area is 183 Å². The molecular formula is C26H19NO3S. The van der Waals surface area contributed by atoms with Crippen molar-refractivity contribution in [1.29, 1.82) is 0 Å². The van der Waals surface area contributed by atoms with E-state index in [1.807, 2.05) is 72.1 Å². The van der Waals surface area contributed by atoms with Crippen LogP contribution in [-0.4, -0.2) is 17.0 Å². The first kappa shape index (κ1) is 19.3. The number of fused-ring (bicyclic) bond motifs is 3. The lowest BCUT2D eigenvalue weighted by atomic mass is 9.99. The molecule has 2 aromatic carbocycles. The molecule has 0 N–H and O–H groups in total. The number of rotatable bonds is 4. The number of hydrogen-bond acceptors (Lipinski definition) is 4. The number of benzene rings is 2. The highest BCUT2D eigenvalue weighted by Gasteiger charge is 2.19. The predicted octanol–water partition coefficient (Wildman–Crippen LogP) is 6.02. The number of carbonyl (C=O) groups excluding carboxylic acids is 1. The van der Waals surface area contributed by atoms with Gasteiger partial charge in [-0.25, -0.2) is 4.79 Å². The second-order valence-electron chi connectivity index (χ2n) is 7.18. The fraction of sp³-hybridized carbons (Fsp3) is 0.0769. The highest BCUT2D eigenvalue weighted by atomic mass is 32.1. The Morgan fingerprint density at radius 2 is 1.65 bits per heavy atom. The van der Waals surface area contributed by atoms with Gasteiger partial charge in [0.2, 0.25) is 0 Å². The molecule has 0 amide bonds. The Hall–Kier alpha value is -3.70. The summed E-state index contributed by atoms with van der Waals surface area (Å²) in [6.07, 6.45) is 1.73. The normalized spacial score (nSPS) is 11.1. The Morgan fingerprint density at radius 1 is 0.935 bits per heavy atom. The fourth-order valence-corrected chi connectivity index (χ4v) is 4.79. The number of hydrogen-bond donors (Lipinski definition) is 0. The van der Waals surface area contributed by atoms with Crippen LogP contribution in [0.3, 0.4) is 0 Å². The van der Waals surface area contributed by atoms with E-state index < -0.39 is 5.97 Å². The van der Waals surface area contributed by atoms with E-state index in [1.54, 1.807) is 23.6 Å². The lowest BCUT2D eigenvalue weighted by Gasteiger charge is -2.12. The van der Waals surface area contributed by atoms with Gasteiger partial charge >= 0.3 is 5.97 Å². The molecule has 4 nitrogen and oxygen atoms in total. The number of ether oxygens (including phenoxy) is 1. The van der Waals surface area contributed by atoms with Gasteiger partial charge in [-0.2, -0.15) is 0 Å². The molecule has 0 radical (unpaired) electrons. The fourth-order valence-electron chi connectivity index (χ4n) is 3.85. The summed E-state index contributed by atoms with van der Waals surface area (Å²) in [7, 11) is 0.